The molecule has 0 radical (unpaired) electrons. The molecule has 0 aromatic carbocycles. The lowest BCUT2D eigenvalue weighted by atomic mass is 10.2. The van der Waals surface area contributed by atoms with Gasteiger partial charge in [0.05, 0.1) is 0 Å². The Morgan fingerprint density at radius 1 is 1.47 bits per heavy atom. The molecule has 1 unspecified atom stereocenters. The van der Waals surface area contributed by atoms with Gasteiger partial charge < -0.3 is 20.8 Å². The van der Waals surface area contributed by atoms with Gasteiger partial charge in [-0.1, -0.05) is 0 Å². The lowest BCUT2D eigenvalue weighted by molar-refractivity contribution is -0.139. The van der Waals surface area contributed by atoms with Crippen molar-refractivity contribution in [3.05, 3.63) is 22.4 Å². The van der Waals surface area contributed by atoms with Gasteiger partial charge in [0, 0.05) is 19.6 Å². The van der Waals surface area contributed by atoms with Crippen molar-refractivity contribution < 1.29 is 19.8 Å². The Labute approximate surface area is 102 Å². The summed E-state index contributed by atoms with van der Waals surface area (Å²) in [5.74, 6) is -1.16. The van der Waals surface area contributed by atoms with E-state index in [0.717, 1.165) is 5.56 Å². The molecule has 6 nitrogen and oxygen atoms in total. The first-order valence-electron chi connectivity index (χ1n) is 5.02. The SMILES string of the molecule is O=C(NCc1ccsc1)NC(CCO)C(=O)O. The second-order valence-corrected chi connectivity index (χ2v) is 4.14. The Bertz CT molecular complexity index is 366. The number of carboxylic acids is 1. The van der Waals surface area contributed by atoms with Crippen molar-refractivity contribution in [3.63, 3.8) is 0 Å². The molecular formula is C10H14N2O4S. The summed E-state index contributed by atoms with van der Waals surface area (Å²) in [4.78, 5) is 22.1. The van der Waals surface area contributed by atoms with Crippen LogP contribution in [0.2, 0.25) is 0 Å². The van der Waals surface area contributed by atoms with E-state index in [-0.39, 0.29) is 13.0 Å². The van der Waals surface area contributed by atoms with Crippen molar-refractivity contribution in [1.29, 1.82) is 0 Å². The molecule has 2 amide bonds. The van der Waals surface area contributed by atoms with Gasteiger partial charge >= 0.3 is 12.0 Å². The minimum absolute atomic E-state index is 0.0127. The Morgan fingerprint density at radius 2 is 2.24 bits per heavy atom. The van der Waals surface area contributed by atoms with E-state index in [1.165, 1.54) is 11.3 Å². The monoisotopic (exact) mass is 258 g/mol. The quantitative estimate of drug-likeness (QED) is 0.593. The van der Waals surface area contributed by atoms with E-state index in [1.54, 1.807) is 0 Å². The highest BCUT2D eigenvalue weighted by atomic mass is 32.1. The standard InChI is InChI=1S/C10H14N2O4S/c13-3-1-8(9(14)15)12-10(16)11-5-7-2-4-17-6-7/h2,4,6,8,13H,1,3,5H2,(H,14,15)(H2,11,12,16). The van der Waals surface area contributed by atoms with Crippen molar-refractivity contribution in [1.82, 2.24) is 10.6 Å². The van der Waals surface area contributed by atoms with Crippen LogP contribution in [0.15, 0.2) is 16.8 Å². The molecule has 1 aromatic heterocycles. The van der Waals surface area contributed by atoms with Gasteiger partial charge in [0.2, 0.25) is 0 Å². The Kier molecular flexibility index (Phi) is 5.44. The van der Waals surface area contributed by atoms with Crippen LogP contribution in [0.25, 0.3) is 0 Å². The maximum absolute atomic E-state index is 11.4. The molecule has 7 heteroatoms. The number of urea groups is 1. The van der Waals surface area contributed by atoms with Gasteiger partial charge in [0.15, 0.2) is 0 Å². The summed E-state index contributed by atoms with van der Waals surface area (Å²) in [5, 5.41) is 26.0. The fourth-order valence-electron chi connectivity index (χ4n) is 1.17. The first kappa shape index (κ1) is 13.5. The Hall–Kier alpha value is -1.60. The maximum Gasteiger partial charge on any atom is 0.326 e. The van der Waals surface area contributed by atoms with Gasteiger partial charge in [0.25, 0.3) is 0 Å². The van der Waals surface area contributed by atoms with E-state index in [9.17, 15) is 9.59 Å². The molecule has 0 saturated heterocycles. The van der Waals surface area contributed by atoms with Crippen LogP contribution in [0.3, 0.4) is 0 Å². The fourth-order valence-corrected chi connectivity index (χ4v) is 1.84. The summed E-state index contributed by atoms with van der Waals surface area (Å²) in [6, 6.07) is 0.243. The van der Waals surface area contributed by atoms with Gasteiger partial charge in [-0.2, -0.15) is 11.3 Å². The van der Waals surface area contributed by atoms with E-state index in [2.05, 4.69) is 10.6 Å². The molecule has 0 aliphatic rings. The summed E-state index contributed by atoms with van der Waals surface area (Å²) in [7, 11) is 0. The molecule has 0 aliphatic carbocycles. The normalized spacial score (nSPS) is 11.8. The molecule has 0 saturated carbocycles. The van der Waals surface area contributed by atoms with Crippen LogP contribution in [0.5, 0.6) is 0 Å². The fraction of sp³-hybridized carbons (Fsp3) is 0.400. The Morgan fingerprint density at radius 3 is 2.76 bits per heavy atom. The number of hydrogen-bond donors (Lipinski definition) is 4. The molecule has 94 valence electrons. The van der Waals surface area contributed by atoms with Gasteiger partial charge in [-0.3, -0.25) is 0 Å². The van der Waals surface area contributed by atoms with Crippen LogP contribution < -0.4 is 10.6 Å². The van der Waals surface area contributed by atoms with E-state index >= 15 is 0 Å². The number of thiophene rings is 1. The number of amides is 2. The molecular weight excluding hydrogens is 244 g/mol. The van der Waals surface area contributed by atoms with Gasteiger partial charge in [0.1, 0.15) is 6.04 Å². The molecule has 1 atom stereocenters. The van der Waals surface area contributed by atoms with Gasteiger partial charge in [-0.15, -0.1) is 0 Å². The lowest BCUT2D eigenvalue weighted by Crippen LogP contribution is -2.46. The summed E-state index contributed by atoms with van der Waals surface area (Å²) in [6.07, 6.45) is -0.0127. The first-order valence-corrected chi connectivity index (χ1v) is 5.97. The molecule has 4 N–H and O–H groups in total. The van der Waals surface area contributed by atoms with Crippen LogP contribution in [-0.4, -0.2) is 34.9 Å². The minimum atomic E-state index is -1.16. The highest BCUT2D eigenvalue weighted by Gasteiger charge is 2.18. The number of carbonyl (C=O) groups is 2. The number of aliphatic hydroxyl groups excluding tert-OH is 1. The second kappa shape index (κ2) is 6.87. The third kappa shape index (κ3) is 4.83. The van der Waals surface area contributed by atoms with E-state index in [4.69, 9.17) is 10.2 Å². The van der Waals surface area contributed by atoms with Crippen molar-refractivity contribution >= 4 is 23.3 Å². The molecule has 1 rings (SSSR count). The van der Waals surface area contributed by atoms with Gasteiger partial charge in [-0.05, 0) is 22.4 Å². The van der Waals surface area contributed by atoms with Crippen LogP contribution in [-0.2, 0) is 11.3 Å². The summed E-state index contributed by atoms with van der Waals surface area (Å²) in [5.41, 5.74) is 0.958. The number of nitrogens with one attached hydrogen (secondary N) is 2. The van der Waals surface area contributed by atoms with E-state index in [0.29, 0.717) is 6.54 Å². The van der Waals surface area contributed by atoms with Crippen molar-refractivity contribution in [2.24, 2.45) is 0 Å². The Balaban J connectivity index is 2.34. The number of hydrogen-bond acceptors (Lipinski definition) is 4. The van der Waals surface area contributed by atoms with Crippen molar-refractivity contribution in [3.8, 4) is 0 Å². The average molecular weight is 258 g/mol. The first-order chi connectivity index (χ1) is 8.13. The maximum atomic E-state index is 11.4. The molecule has 0 aliphatic heterocycles. The van der Waals surface area contributed by atoms with Gasteiger partial charge in [-0.25, -0.2) is 9.59 Å². The lowest BCUT2D eigenvalue weighted by Gasteiger charge is -2.13. The largest absolute Gasteiger partial charge is 0.480 e. The number of carboxylic acid groups (broad SMARTS) is 1. The molecule has 0 bridgehead atoms. The number of carbonyl (C=O) groups excluding carboxylic acids is 1. The zero-order valence-corrected chi connectivity index (χ0v) is 9.87. The number of aliphatic carboxylic acids is 1. The van der Waals surface area contributed by atoms with Crippen LogP contribution in [0.4, 0.5) is 4.79 Å². The van der Waals surface area contributed by atoms with E-state index in [1.807, 2.05) is 16.8 Å². The third-order valence-electron chi connectivity index (χ3n) is 2.05. The summed E-state index contributed by atoms with van der Waals surface area (Å²) in [6.45, 7) is 0.0581. The van der Waals surface area contributed by atoms with Crippen molar-refractivity contribution in [2.45, 2.75) is 19.0 Å². The molecule has 17 heavy (non-hydrogen) atoms. The van der Waals surface area contributed by atoms with E-state index < -0.39 is 18.0 Å². The zero-order valence-electron chi connectivity index (χ0n) is 9.05. The number of rotatable bonds is 6. The smallest absolute Gasteiger partial charge is 0.326 e. The summed E-state index contributed by atoms with van der Waals surface area (Å²) < 4.78 is 0. The van der Waals surface area contributed by atoms with Crippen LogP contribution in [0, 0.1) is 0 Å². The molecule has 1 heterocycles. The van der Waals surface area contributed by atoms with Crippen LogP contribution in [0.1, 0.15) is 12.0 Å². The summed E-state index contributed by atoms with van der Waals surface area (Å²) >= 11 is 1.52. The topological polar surface area (TPSA) is 98.7 Å². The molecule has 0 spiro atoms. The minimum Gasteiger partial charge on any atom is -0.480 e. The van der Waals surface area contributed by atoms with Crippen LogP contribution >= 0.6 is 11.3 Å². The predicted octanol–water partition coefficient (Wildman–Crippen LogP) is 0.383. The number of aliphatic hydroxyl groups is 1. The van der Waals surface area contributed by atoms with Crippen molar-refractivity contribution in [2.75, 3.05) is 6.61 Å². The second-order valence-electron chi connectivity index (χ2n) is 3.36. The third-order valence-corrected chi connectivity index (χ3v) is 2.79. The zero-order chi connectivity index (χ0) is 12.7. The molecule has 0 fully saturated rings. The highest BCUT2D eigenvalue weighted by Crippen LogP contribution is 2.04. The highest BCUT2D eigenvalue weighted by molar-refractivity contribution is 7.07. The average Bonchev–Trinajstić information content (AvgIpc) is 2.78. The predicted molar refractivity (Wildman–Crippen MR) is 62.8 cm³/mol. The molecule has 1 aromatic rings.